The Labute approximate surface area is 203 Å². The molecule has 0 radical (unpaired) electrons. The first-order valence-corrected chi connectivity index (χ1v) is 12.3. The highest BCUT2D eigenvalue weighted by Gasteiger charge is 2.23. The predicted octanol–water partition coefficient (Wildman–Crippen LogP) is 3.42. The maximum atomic E-state index is 5.55. The Hall–Kier alpha value is -0.420. The highest BCUT2D eigenvalue weighted by molar-refractivity contribution is 14.0. The van der Waals surface area contributed by atoms with Gasteiger partial charge >= 0.3 is 0 Å². The van der Waals surface area contributed by atoms with Crippen molar-refractivity contribution in [1.29, 1.82) is 0 Å². The second kappa shape index (κ2) is 14.6. The third-order valence-electron chi connectivity index (χ3n) is 6.12. The number of ether oxygens (including phenoxy) is 1. The first-order chi connectivity index (χ1) is 14.3. The van der Waals surface area contributed by atoms with Gasteiger partial charge < -0.3 is 20.3 Å². The van der Waals surface area contributed by atoms with Crippen LogP contribution in [0.5, 0.6) is 0 Å². The van der Waals surface area contributed by atoms with Gasteiger partial charge in [-0.25, -0.2) is 0 Å². The van der Waals surface area contributed by atoms with Crippen molar-refractivity contribution in [2.24, 2.45) is 10.9 Å². The van der Waals surface area contributed by atoms with E-state index in [-0.39, 0.29) is 24.0 Å². The van der Waals surface area contributed by atoms with Gasteiger partial charge in [0.25, 0.3) is 0 Å². The summed E-state index contributed by atoms with van der Waals surface area (Å²) in [5.41, 5.74) is 0. The number of halogens is 1. The fraction of sp³-hybridized carbons (Fsp3) is 0.773. The third-order valence-corrected chi connectivity index (χ3v) is 7.10. The zero-order valence-electron chi connectivity index (χ0n) is 18.6. The summed E-state index contributed by atoms with van der Waals surface area (Å²) < 4.78 is 5.55. The monoisotopic (exact) mass is 549 g/mol. The van der Waals surface area contributed by atoms with Crippen molar-refractivity contribution in [3.8, 4) is 0 Å². The van der Waals surface area contributed by atoms with Gasteiger partial charge in [0.05, 0.1) is 25.8 Å². The average Bonchev–Trinajstić information content (AvgIpc) is 3.30. The Morgan fingerprint density at radius 1 is 1.20 bits per heavy atom. The van der Waals surface area contributed by atoms with Gasteiger partial charge in [-0.05, 0) is 63.2 Å². The van der Waals surface area contributed by atoms with Crippen molar-refractivity contribution in [3.05, 3.63) is 22.4 Å². The van der Waals surface area contributed by atoms with Crippen LogP contribution in [0.25, 0.3) is 0 Å². The molecule has 3 rings (SSSR count). The molecule has 0 spiro atoms. The van der Waals surface area contributed by atoms with Crippen molar-refractivity contribution in [3.63, 3.8) is 0 Å². The maximum Gasteiger partial charge on any atom is 0.191 e. The lowest BCUT2D eigenvalue weighted by Gasteiger charge is -2.33. The van der Waals surface area contributed by atoms with Gasteiger partial charge in [0.1, 0.15) is 0 Å². The molecule has 2 saturated heterocycles. The van der Waals surface area contributed by atoms with Crippen LogP contribution in [0.15, 0.2) is 22.5 Å². The molecular formula is C22H40IN5OS. The van der Waals surface area contributed by atoms with E-state index in [2.05, 4.69) is 51.8 Å². The number of aliphatic imine (C=N–C) groups is 1. The van der Waals surface area contributed by atoms with Crippen molar-refractivity contribution >= 4 is 41.3 Å². The number of likely N-dealkylation sites (tertiary alicyclic amines) is 1. The topological polar surface area (TPSA) is 52.1 Å². The van der Waals surface area contributed by atoms with Gasteiger partial charge in [0.2, 0.25) is 0 Å². The van der Waals surface area contributed by atoms with E-state index in [4.69, 9.17) is 9.73 Å². The molecule has 8 heteroatoms. The van der Waals surface area contributed by atoms with E-state index in [1.54, 1.807) is 0 Å². The number of rotatable bonds is 9. The highest BCUT2D eigenvalue weighted by Crippen LogP contribution is 2.26. The molecule has 0 bridgehead atoms. The maximum absolute atomic E-state index is 5.55. The third kappa shape index (κ3) is 8.26. The first kappa shape index (κ1) is 25.8. The van der Waals surface area contributed by atoms with Crippen molar-refractivity contribution in [2.75, 3.05) is 65.6 Å². The Bertz CT molecular complexity index is 586. The van der Waals surface area contributed by atoms with E-state index in [1.165, 1.54) is 43.8 Å². The lowest BCUT2D eigenvalue weighted by atomic mass is 9.93. The standard InChI is InChI=1S/C22H39N5OS.HI/c1-3-23-22(24-10-7-19-8-11-26(4-2)12-9-19)25-18-20(21-6-5-17-29-21)27-13-15-28-16-14-27;/h5-6,17,19-20H,3-4,7-16,18H2,1-2H3,(H2,23,24,25);1H. The van der Waals surface area contributed by atoms with E-state index in [0.29, 0.717) is 6.04 Å². The molecule has 2 aliphatic heterocycles. The fourth-order valence-electron chi connectivity index (χ4n) is 4.26. The highest BCUT2D eigenvalue weighted by atomic mass is 127. The van der Waals surface area contributed by atoms with E-state index in [1.807, 2.05) is 11.3 Å². The van der Waals surface area contributed by atoms with Gasteiger partial charge in [0, 0.05) is 31.1 Å². The molecule has 1 atom stereocenters. The summed E-state index contributed by atoms with van der Waals surface area (Å²) in [6.07, 6.45) is 3.90. The normalized spacial score (nSPS) is 20.5. The SMILES string of the molecule is CCNC(=NCC(c1cccs1)N1CCOCC1)NCCC1CCN(CC)CC1.I. The van der Waals surface area contributed by atoms with Gasteiger partial charge in [-0.2, -0.15) is 0 Å². The molecule has 2 fully saturated rings. The minimum atomic E-state index is 0. The minimum absolute atomic E-state index is 0. The van der Waals surface area contributed by atoms with Crippen molar-refractivity contribution in [2.45, 2.75) is 39.2 Å². The van der Waals surface area contributed by atoms with Crippen LogP contribution in [0.4, 0.5) is 0 Å². The summed E-state index contributed by atoms with van der Waals surface area (Å²) >= 11 is 1.83. The van der Waals surface area contributed by atoms with Crippen molar-refractivity contribution in [1.82, 2.24) is 20.4 Å². The molecule has 6 nitrogen and oxygen atoms in total. The molecule has 0 saturated carbocycles. The second-order valence-electron chi connectivity index (χ2n) is 7.99. The van der Waals surface area contributed by atoms with Crippen LogP contribution >= 0.6 is 35.3 Å². The van der Waals surface area contributed by atoms with Crippen LogP contribution in [0.1, 0.15) is 44.0 Å². The van der Waals surface area contributed by atoms with Gasteiger partial charge in [-0.15, -0.1) is 35.3 Å². The Morgan fingerprint density at radius 2 is 1.97 bits per heavy atom. The number of hydrogen-bond acceptors (Lipinski definition) is 5. The van der Waals surface area contributed by atoms with Crippen LogP contribution in [-0.4, -0.2) is 81.3 Å². The van der Waals surface area contributed by atoms with E-state index < -0.39 is 0 Å². The van der Waals surface area contributed by atoms with Crippen LogP contribution in [0, 0.1) is 5.92 Å². The lowest BCUT2D eigenvalue weighted by Crippen LogP contribution is -2.42. The molecule has 1 aromatic rings. The van der Waals surface area contributed by atoms with Gasteiger partial charge in [-0.3, -0.25) is 9.89 Å². The fourth-order valence-corrected chi connectivity index (χ4v) is 5.11. The lowest BCUT2D eigenvalue weighted by molar-refractivity contribution is 0.0186. The first-order valence-electron chi connectivity index (χ1n) is 11.4. The number of guanidine groups is 1. The Morgan fingerprint density at radius 3 is 2.60 bits per heavy atom. The summed E-state index contributed by atoms with van der Waals surface area (Å²) in [7, 11) is 0. The molecule has 3 heterocycles. The molecule has 1 unspecified atom stereocenters. The number of nitrogens with zero attached hydrogens (tertiary/aromatic N) is 3. The molecule has 0 aliphatic carbocycles. The molecule has 2 aliphatic rings. The summed E-state index contributed by atoms with van der Waals surface area (Å²) in [5.74, 6) is 1.80. The van der Waals surface area contributed by atoms with Crippen molar-refractivity contribution < 1.29 is 4.74 Å². The zero-order chi connectivity index (χ0) is 20.3. The molecule has 30 heavy (non-hydrogen) atoms. The Balaban J connectivity index is 0.00000320. The summed E-state index contributed by atoms with van der Waals surface area (Å²) in [6, 6.07) is 4.72. The average molecular weight is 550 g/mol. The zero-order valence-corrected chi connectivity index (χ0v) is 21.8. The summed E-state index contributed by atoms with van der Waals surface area (Å²) in [6.45, 7) is 14.4. The molecule has 0 amide bonds. The van der Waals surface area contributed by atoms with Crippen LogP contribution in [-0.2, 0) is 4.74 Å². The molecule has 2 N–H and O–H groups in total. The number of piperidine rings is 1. The second-order valence-corrected chi connectivity index (χ2v) is 8.97. The van der Waals surface area contributed by atoms with E-state index in [9.17, 15) is 0 Å². The van der Waals surface area contributed by atoms with Gasteiger partial charge in [0.15, 0.2) is 5.96 Å². The number of morpholine rings is 1. The number of thiophene rings is 1. The van der Waals surface area contributed by atoms with Crippen LogP contribution in [0.2, 0.25) is 0 Å². The Kier molecular flexibility index (Phi) is 12.6. The van der Waals surface area contributed by atoms with E-state index in [0.717, 1.165) is 57.8 Å². The van der Waals surface area contributed by atoms with Crippen LogP contribution < -0.4 is 10.6 Å². The molecule has 1 aromatic heterocycles. The predicted molar refractivity (Wildman–Crippen MR) is 138 cm³/mol. The number of nitrogens with one attached hydrogen (secondary N) is 2. The molecule has 172 valence electrons. The van der Waals surface area contributed by atoms with Gasteiger partial charge in [-0.1, -0.05) is 13.0 Å². The summed E-state index contributed by atoms with van der Waals surface area (Å²) in [4.78, 5) is 11.4. The quantitative estimate of drug-likeness (QED) is 0.281. The summed E-state index contributed by atoms with van der Waals surface area (Å²) in [5, 5.41) is 9.18. The van der Waals surface area contributed by atoms with E-state index >= 15 is 0 Å². The smallest absolute Gasteiger partial charge is 0.191 e. The molecule has 0 aromatic carbocycles. The number of hydrogen-bond donors (Lipinski definition) is 2. The molecular weight excluding hydrogens is 509 g/mol. The largest absolute Gasteiger partial charge is 0.379 e. The van der Waals surface area contributed by atoms with Crippen LogP contribution in [0.3, 0.4) is 0 Å². The minimum Gasteiger partial charge on any atom is -0.379 e.